The van der Waals surface area contributed by atoms with E-state index in [0.717, 1.165) is 18.4 Å². The molecular formula is C36H44ClN7O4S. The number of rotatable bonds is 20. The lowest BCUT2D eigenvalue weighted by Crippen LogP contribution is -2.26. The summed E-state index contributed by atoms with van der Waals surface area (Å²) in [5, 5.41) is 16.0. The van der Waals surface area contributed by atoms with Crippen molar-refractivity contribution in [2.75, 3.05) is 17.3 Å². The minimum Gasteiger partial charge on any atom is -0.462 e. The first-order valence-electron chi connectivity index (χ1n) is 16.7. The lowest BCUT2D eigenvalue weighted by Gasteiger charge is -2.10. The van der Waals surface area contributed by atoms with Crippen LogP contribution in [0.2, 0.25) is 5.02 Å². The Labute approximate surface area is 296 Å². The normalized spacial score (nSPS) is 10.8. The number of ether oxygens (including phenoxy) is 1. The molecule has 49 heavy (non-hydrogen) atoms. The number of hydrogen-bond acceptors (Lipinski definition) is 9. The van der Waals surface area contributed by atoms with E-state index in [2.05, 4.69) is 38.6 Å². The van der Waals surface area contributed by atoms with E-state index in [9.17, 15) is 14.4 Å². The zero-order valence-electron chi connectivity index (χ0n) is 28.0. The average molecular weight is 706 g/mol. The van der Waals surface area contributed by atoms with E-state index in [1.807, 2.05) is 0 Å². The van der Waals surface area contributed by atoms with Crippen molar-refractivity contribution in [1.82, 2.24) is 25.6 Å². The van der Waals surface area contributed by atoms with E-state index < -0.39 is 0 Å². The summed E-state index contributed by atoms with van der Waals surface area (Å²) in [6, 6.07) is 19.0. The first kappa shape index (κ1) is 37.4. The number of carbonyl (C=O) groups is 3. The molecule has 0 atom stereocenters. The summed E-state index contributed by atoms with van der Waals surface area (Å²) in [4.78, 5) is 36.9. The SMILES string of the molecule is CCCCCCCCCCCCOC(=O)c1ccc(Cl)c(CSc2nnnn2-c2cccc(C(=O)Nc3ccc(NNC(C)=O)cc3)c2)c1. The van der Waals surface area contributed by atoms with Crippen LogP contribution in [0.4, 0.5) is 11.4 Å². The summed E-state index contributed by atoms with van der Waals surface area (Å²) >= 11 is 7.84. The number of hydrogen-bond donors (Lipinski definition) is 3. The molecule has 0 saturated heterocycles. The fourth-order valence-electron chi connectivity index (χ4n) is 5.00. The molecule has 0 aliphatic carbocycles. The molecule has 1 aromatic heterocycles. The number of carbonyl (C=O) groups excluding carboxylic acids is 3. The smallest absolute Gasteiger partial charge is 0.338 e. The number of tetrazole rings is 1. The molecule has 0 spiro atoms. The number of thioether (sulfide) groups is 1. The second-order valence-corrected chi connectivity index (χ2v) is 13.0. The molecule has 0 bridgehead atoms. The van der Waals surface area contributed by atoms with Gasteiger partial charge in [0.2, 0.25) is 11.1 Å². The van der Waals surface area contributed by atoms with Gasteiger partial charge < -0.3 is 10.1 Å². The van der Waals surface area contributed by atoms with Gasteiger partial charge in [-0.3, -0.25) is 20.4 Å². The highest BCUT2D eigenvalue weighted by Gasteiger charge is 2.15. The Morgan fingerprint density at radius 3 is 2.24 bits per heavy atom. The Morgan fingerprint density at radius 1 is 0.837 bits per heavy atom. The largest absolute Gasteiger partial charge is 0.462 e. The third-order valence-electron chi connectivity index (χ3n) is 7.69. The van der Waals surface area contributed by atoms with Gasteiger partial charge in [0, 0.05) is 29.0 Å². The first-order chi connectivity index (χ1) is 23.8. The standard InChI is InChI=1S/C36H44ClN7O4S/c1-3-4-5-6-7-8-9-10-11-12-22-48-35(47)28-16-21-33(37)29(23-28)25-49-36-41-42-43-44(36)32-15-13-14-27(24-32)34(46)38-30-17-19-31(20-18-30)40-39-26(2)45/h13-21,23-24,40H,3-12,22,25H2,1-2H3,(H,38,46)(H,39,45). The van der Waals surface area contributed by atoms with Crippen LogP contribution in [0.5, 0.6) is 0 Å². The second-order valence-electron chi connectivity index (χ2n) is 11.7. The van der Waals surface area contributed by atoms with E-state index in [4.69, 9.17) is 16.3 Å². The predicted octanol–water partition coefficient (Wildman–Crippen LogP) is 8.40. The fraction of sp³-hybridized carbons (Fsp3) is 0.389. The van der Waals surface area contributed by atoms with E-state index in [1.54, 1.807) is 71.4 Å². The van der Waals surface area contributed by atoms with Crippen molar-refractivity contribution < 1.29 is 19.1 Å². The highest BCUT2D eigenvalue weighted by atomic mass is 35.5. The van der Waals surface area contributed by atoms with E-state index in [1.165, 1.54) is 70.1 Å². The summed E-state index contributed by atoms with van der Waals surface area (Å²) in [6.45, 7) is 4.04. The van der Waals surface area contributed by atoms with Gasteiger partial charge in [0.25, 0.3) is 5.91 Å². The van der Waals surface area contributed by atoms with Crippen LogP contribution in [0.15, 0.2) is 71.9 Å². The maximum Gasteiger partial charge on any atom is 0.338 e. The number of unbranched alkanes of at least 4 members (excludes halogenated alkanes) is 9. The van der Waals surface area contributed by atoms with E-state index in [0.29, 0.717) is 50.7 Å². The van der Waals surface area contributed by atoms with Gasteiger partial charge in [-0.05, 0) is 83.1 Å². The number of hydrazine groups is 1. The molecule has 3 N–H and O–H groups in total. The monoisotopic (exact) mass is 705 g/mol. The number of esters is 1. The van der Waals surface area contributed by atoms with Gasteiger partial charge in [-0.2, -0.15) is 4.68 Å². The van der Waals surface area contributed by atoms with Crippen LogP contribution < -0.4 is 16.2 Å². The molecule has 1 heterocycles. The van der Waals surface area contributed by atoms with Crippen LogP contribution in [0, 0.1) is 0 Å². The lowest BCUT2D eigenvalue weighted by atomic mass is 10.1. The van der Waals surface area contributed by atoms with Gasteiger partial charge in [-0.25, -0.2) is 4.79 Å². The number of aromatic nitrogens is 4. The summed E-state index contributed by atoms with van der Waals surface area (Å²) in [5.41, 5.74) is 8.74. The minimum atomic E-state index is -0.364. The van der Waals surface area contributed by atoms with Gasteiger partial charge in [0.05, 0.1) is 23.5 Å². The topological polar surface area (TPSA) is 140 Å². The molecule has 4 aromatic rings. The van der Waals surface area contributed by atoms with Gasteiger partial charge in [-0.1, -0.05) is 94.1 Å². The number of benzene rings is 3. The Morgan fingerprint density at radius 2 is 1.53 bits per heavy atom. The Hall–Kier alpha value is -4.42. The zero-order chi connectivity index (χ0) is 34.8. The van der Waals surface area contributed by atoms with Crippen LogP contribution in [-0.2, 0) is 15.3 Å². The molecular weight excluding hydrogens is 662 g/mol. The summed E-state index contributed by atoms with van der Waals surface area (Å²) in [7, 11) is 0. The van der Waals surface area contributed by atoms with E-state index in [-0.39, 0.29) is 17.8 Å². The molecule has 0 aliphatic heterocycles. The predicted molar refractivity (Wildman–Crippen MR) is 194 cm³/mol. The maximum atomic E-state index is 13.0. The maximum absolute atomic E-state index is 13.0. The van der Waals surface area contributed by atoms with Crippen LogP contribution in [0.25, 0.3) is 5.69 Å². The zero-order valence-corrected chi connectivity index (χ0v) is 29.6. The molecule has 2 amide bonds. The fourth-order valence-corrected chi connectivity index (χ4v) is 6.15. The van der Waals surface area contributed by atoms with Crippen molar-refractivity contribution in [3.05, 3.63) is 88.4 Å². The first-order valence-corrected chi connectivity index (χ1v) is 18.1. The Bertz CT molecular complexity index is 1670. The van der Waals surface area contributed by atoms with Crippen molar-refractivity contribution in [1.29, 1.82) is 0 Å². The Kier molecular flexibility index (Phi) is 15.4. The van der Waals surface area contributed by atoms with Crippen molar-refractivity contribution in [3.63, 3.8) is 0 Å². The van der Waals surface area contributed by atoms with Gasteiger partial charge in [0.1, 0.15) is 0 Å². The van der Waals surface area contributed by atoms with Crippen molar-refractivity contribution in [2.24, 2.45) is 0 Å². The van der Waals surface area contributed by atoms with Crippen molar-refractivity contribution >= 4 is 52.5 Å². The second kappa shape index (κ2) is 20.2. The number of nitrogens with zero attached hydrogens (tertiary/aromatic N) is 4. The summed E-state index contributed by atoms with van der Waals surface area (Å²) in [6.07, 6.45) is 12.2. The van der Waals surface area contributed by atoms with Crippen LogP contribution >= 0.6 is 23.4 Å². The molecule has 3 aromatic carbocycles. The summed E-state index contributed by atoms with van der Waals surface area (Å²) in [5.74, 6) is -0.482. The van der Waals surface area contributed by atoms with Gasteiger partial charge >= 0.3 is 5.97 Å². The molecule has 0 unspecified atom stereocenters. The van der Waals surface area contributed by atoms with Crippen LogP contribution in [-0.4, -0.2) is 44.6 Å². The quantitative estimate of drug-likeness (QED) is 0.0358. The lowest BCUT2D eigenvalue weighted by molar-refractivity contribution is -0.118. The Balaban J connectivity index is 1.27. The molecule has 0 radical (unpaired) electrons. The number of halogens is 1. The molecule has 0 aliphatic rings. The molecule has 13 heteroatoms. The molecule has 0 fully saturated rings. The molecule has 4 rings (SSSR count). The van der Waals surface area contributed by atoms with Crippen LogP contribution in [0.1, 0.15) is 104 Å². The number of anilines is 2. The molecule has 0 saturated carbocycles. The van der Waals surface area contributed by atoms with Crippen molar-refractivity contribution in [3.8, 4) is 5.69 Å². The highest BCUT2D eigenvalue weighted by molar-refractivity contribution is 7.98. The molecule has 260 valence electrons. The van der Waals surface area contributed by atoms with Gasteiger partial charge in [0.15, 0.2) is 0 Å². The molecule has 11 nitrogen and oxygen atoms in total. The third kappa shape index (κ3) is 12.5. The number of nitrogens with one attached hydrogen (secondary N) is 3. The minimum absolute atomic E-state index is 0.216. The van der Waals surface area contributed by atoms with Crippen molar-refractivity contribution in [2.45, 2.75) is 89.0 Å². The average Bonchev–Trinajstić information content (AvgIpc) is 3.58. The summed E-state index contributed by atoms with van der Waals surface area (Å²) < 4.78 is 7.08. The third-order valence-corrected chi connectivity index (χ3v) is 9.03. The van der Waals surface area contributed by atoms with Gasteiger partial charge in [-0.15, -0.1) is 5.10 Å². The van der Waals surface area contributed by atoms with Crippen LogP contribution in [0.3, 0.4) is 0 Å². The van der Waals surface area contributed by atoms with E-state index >= 15 is 0 Å². The number of amides is 2. The highest BCUT2D eigenvalue weighted by Crippen LogP contribution is 2.28.